The molecule has 0 spiro atoms. The van der Waals surface area contributed by atoms with E-state index in [0.29, 0.717) is 22.6 Å². The van der Waals surface area contributed by atoms with E-state index in [1.807, 2.05) is 26.8 Å². The molecule has 0 aliphatic carbocycles. The molecular weight excluding hydrogens is 362 g/mol. The van der Waals surface area contributed by atoms with Crippen LogP contribution in [-0.2, 0) is 9.59 Å². The molecule has 1 aliphatic rings. The highest BCUT2D eigenvalue weighted by Crippen LogP contribution is 2.36. The number of carbonyl (C=O) groups excluding carboxylic acids is 3. The molecule has 1 heterocycles. The molecule has 2 aromatic rings. The largest absolute Gasteiger partial charge is 0.326 e. The average molecular weight is 383 g/mol. The highest BCUT2D eigenvalue weighted by Gasteiger charge is 2.23. The molecule has 1 aliphatic heterocycles. The first kappa shape index (κ1) is 19.0. The molecular formula is C20H21N3O3S. The second-order valence-corrected chi connectivity index (χ2v) is 8.02. The molecule has 3 N–H and O–H groups in total. The summed E-state index contributed by atoms with van der Waals surface area (Å²) in [4.78, 5) is 37.0. The van der Waals surface area contributed by atoms with Crippen LogP contribution in [0.25, 0.3) is 0 Å². The lowest BCUT2D eigenvalue weighted by atomic mass is 10.1. The van der Waals surface area contributed by atoms with Crippen LogP contribution in [-0.4, -0.2) is 23.0 Å². The van der Waals surface area contributed by atoms with Gasteiger partial charge in [-0.2, -0.15) is 0 Å². The zero-order valence-electron chi connectivity index (χ0n) is 15.3. The number of thioether (sulfide) groups is 1. The maximum Gasteiger partial charge on any atom is 0.255 e. The van der Waals surface area contributed by atoms with Gasteiger partial charge in [0.05, 0.1) is 10.9 Å². The second kappa shape index (κ2) is 7.84. The van der Waals surface area contributed by atoms with Crippen molar-refractivity contribution in [2.24, 2.45) is 5.92 Å². The van der Waals surface area contributed by atoms with Crippen molar-refractivity contribution in [2.45, 2.75) is 30.9 Å². The van der Waals surface area contributed by atoms with Crippen LogP contribution in [0.15, 0.2) is 47.4 Å². The highest BCUT2D eigenvalue weighted by molar-refractivity contribution is 8.00. The summed E-state index contributed by atoms with van der Waals surface area (Å²) >= 11 is 1.47. The highest BCUT2D eigenvalue weighted by atomic mass is 32.2. The van der Waals surface area contributed by atoms with Crippen LogP contribution in [0.4, 0.5) is 17.1 Å². The zero-order valence-corrected chi connectivity index (χ0v) is 16.1. The number of benzene rings is 2. The van der Waals surface area contributed by atoms with Gasteiger partial charge in [0.2, 0.25) is 11.8 Å². The molecule has 3 rings (SSSR count). The molecule has 0 saturated carbocycles. The third kappa shape index (κ3) is 4.49. The minimum Gasteiger partial charge on any atom is -0.326 e. The molecule has 27 heavy (non-hydrogen) atoms. The van der Waals surface area contributed by atoms with Crippen molar-refractivity contribution in [2.75, 3.05) is 16.0 Å². The summed E-state index contributed by atoms with van der Waals surface area (Å²) in [6.07, 6.45) is 0. The first-order valence-corrected chi connectivity index (χ1v) is 9.55. The van der Waals surface area contributed by atoms with E-state index in [1.54, 1.807) is 36.4 Å². The number of hydrogen-bond donors (Lipinski definition) is 3. The third-order valence-electron chi connectivity index (χ3n) is 4.11. The SMILES string of the molecule is CC(C)C(=O)Nc1ccc(NC(=O)c2ccc3c(c2)NC(=O)[C@@H](C)S3)cc1. The van der Waals surface area contributed by atoms with Crippen LogP contribution in [0.1, 0.15) is 31.1 Å². The Bertz CT molecular complexity index is 894. The zero-order chi connectivity index (χ0) is 19.6. The van der Waals surface area contributed by atoms with Gasteiger partial charge >= 0.3 is 0 Å². The lowest BCUT2D eigenvalue weighted by Crippen LogP contribution is -2.26. The molecule has 2 aromatic carbocycles. The van der Waals surface area contributed by atoms with E-state index in [-0.39, 0.29) is 28.9 Å². The van der Waals surface area contributed by atoms with Gasteiger partial charge in [0.15, 0.2) is 0 Å². The predicted octanol–water partition coefficient (Wildman–Crippen LogP) is 3.97. The second-order valence-electron chi connectivity index (χ2n) is 6.64. The fourth-order valence-electron chi connectivity index (χ4n) is 2.48. The Labute approximate surface area is 162 Å². The molecule has 0 saturated heterocycles. The summed E-state index contributed by atoms with van der Waals surface area (Å²) in [6.45, 7) is 5.49. The summed E-state index contributed by atoms with van der Waals surface area (Å²) in [7, 11) is 0. The maximum atomic E-state index is 12.5. The predicted molar refractivity (Wildman–Crippen MR) is 108 cm³/mol. The summed E-state index contributed by atoms with van der Waals surface area (Å²) < 4.78 is 0. The van der Waals surface area contributed by atoms with Crippen LogP contribution < -0.4 is 16.0 Å². The first-order chi connectivity index (χ1) is 12.8. The van der Waals surface area contributed by atoms with Crippen molar-refractivity contribution in [1.82, 2.24) is 0 Å². The number of rotatable bonds is 4. The quantitative estimate of drug-likeness (QED) is 0.746. The van der Waals surface area contributed by atoms with Gasteiger partial charge in [-0.3, -0.25) is 14.4 Å². The van der Waals surface area contributed by atoms with Gasteiger partial charge in [-0.25, -0.2) is 0 Å². The molecule has 140 valence electrons. The van der Waals surface area contributed by atoms with E-state index in [9.17, 15) is 14.4 Å². The number of fused-ring (bicyclic) bond motifs is 1. The molecule has 6 nitrogen and oxygen atoms in total. The van der Waals surface area contributed by atoms with Crippen molar-refractivity contribution in [3.63, 3.8) is 0 Å². The van der Waals surface area contributed by atoms with Gasteiger partial charge in [0.25, 0.3) is 5.91 Å². The summed E-state index contributed by atoms with van der Waals surface area (Å²) in [5.74, 6) is -0.496. The van der Waals surface area contributed by atoms with Crippen molar-refractivity contribution >= 4 is 46.5 Å². The Balaban J connectivity index is 1.68. The summed E-state index contributed by atoms with van der Waals surface area (Å²) in [5, 5.41) is 8.30. The van der Waals surface area contributed by atoms with Crippen LogP contribution in [0.2, 0.25) is 0 Å². The smallest absolute Gasteiger partial charge is 0.255 e. The maximum absolute atomic E-state index is 12.5. The molecule has 0 unspecified atom stereocenters. The average Bonchev–Trinajstić information content (AvgIpc) is 2.63. The van der Waals surface area contributed by atoms with Gasteiger partial charge in [-0.1, -0.05) is 13.8 Å². The van der Waals surface area contributed by atoms with Gasteiger partial charge < -0.3 is 16.0 Å². The normalized spacial score (nSPS) is 15.7. The van der Waals surface area contributed by atoms with Gasteiger partial charge in [0, 0.05) is 27.8 Å². The summed E-state index contributed by atoms with van der Waals surface area (Å²) in [5.41, 5.74) is 2.41. The molecule has 0 bridgehead atoms. The molecule has 0 fully saturated rings. The molecule has 3 amide bonds. The number of carbonyl (C=O) groups is 3. The van der Waals surface area contributed by atoms with Crippen molar-refractivity contribution in [3.05, 3.63) is 48.0 Å². The van der Waals surface area contributed by atoms with Crippen molar-refractivity contribution in [3.8, 4) is 0 Å². The molecule has 0 radical (unpaired) electrons. The number of hydrogen-bond acceptors (Lipinski definition) is 4. The lowest BCUT2D eigenvalue weighted by Gasteiger charge is -2.21. The van der Waals surface area contributed by atoms with E-state index in [2.05, 4.69) is 16.0 Å². The number of anilines is 3. The van der Waals surface area contributed by atoms with E-state index in [1.165, 1.54) is 11.8 Å². The Hall–Kier alpha value is -2.80. The Morgan fingerprint density at radius 3 is 2.30 bits per heavy atom. The van der Waals surface area contributed by atoms with Crippen molar-refractivity contribution in [1.29, 1.82) is 0 Å². The fraction of sp³-hybridized carbons (Fsp3) is 0.250. The standard InChI is InChI=1S/C20H21N3O3S/c1-11(2)18(24)21-14-5-7-15(8-6-14)22-20(26)13-4-9-17-16(10-13)23-19(25)12(3)27-17/h4-12H,1-3H3,(H,21,24)(H,22,26)(H,23,25)/t12-/m1/s1. The first-order valence-electron chi connectivity index (χ1n) is 8.67. The Kier molecular flexibility index (Phi) is 5.51. The fourth-order valence-corrected chi connectivity index (χ4v) is 3.41. The molecule has 1 atom stereocenters. The monoisotopic (exact) mass is 383 g/mol. The van der Waals surface area contributed by atoms with Crippen LogP contribution >= 0.6 is 11.8 Å². The van der Waals surface area contributed by atoms with Crippen LogP contribution in [0.5, 0.6) is 0 Å². The lowest BCUT2D eigenvalue weighted by molar-refractivity contribution is -0.119. The van der Waals surface area contributed by atoms with Crippen LogP contribution in [0.3, 0.4) is 0 Å². The number of nitrogens with one attached hydrogen (secondary N) is 3. The minimum atomic E-state index is -0.269. The van der Waals surface area contributed by atoms with Gasteiger partial charge in [-0.15, -0.1) is 11.8 Å². The number of amides is 3. The van der Waals surface area contributed by atoms with Crippen molar-refractivity contribution < 1.29 is 14.4 Å². The van der Waals surface area contributed by atoms with Crippen LogP contribution in [0, 0.1) is 5.92 Å². The van der Waals surface area contributed by atoms with E-state index in [0.717, 1.165) is 4.90 Å². The summed E-state index contributed by atoms with van der Waals surface area (Å²) in [6, 6.07) is 12.2. The third-order valence-corrected chi connectivity index (χ3v) is 5.28. The van der Waals surface area contributed by atoms with Gasteiger partial charge in [-0.05, 0) is 49.4 Å². The molecule has 0 aromatic heterocycles. The van der Waals surface area contributed by atoms with Gasteiger partial charge in [0.1, 0.15) is 0 Å². The Morgan fingerprint density at radius 1 is 1.04 bits per heavy atom. The minimum absolute atomic E-state index is 0.0601. The molecule has 7 heteroatoms. The van der Waals surface area contributed by atoms with E-state index >= 15 is 0 Å². The topological polar surface area (TPSA) is 87.3 Å². The van der Waals surface area contributed by atoms with E-state index in [4.69, 9.17) is 0 Å². The van der Waals surface area contributed by atoms with E-state index < -0.39 is 0 Å². The Morgan fingerprint density at radius 2 is 1.67 bits per heavy atom.